The zero-order chi connectivity index (χ0) is 19.5. The van der Waals surface area contributed by atoms with Crippen LogP contribution in [0.15, 0.2) is 79.1 Å². The van der Waals surface area contributed by atoms with Crippen molar-refractivity contribution >= 4 is 33.4 Å². The fourth-order valence-electron chi connectivity index (χ4n) is 3.48. The molecule has 2 N–H and O–H groups in total. The molecule has 0 aliphatic rings. The number of carboxylic acids is 1. The van der Waals surface area contributed by atoms with Crippen molar-refractivity contribution in [2.24, 2.45) is 0 Å². The van der Waals surface area contributed by atoms with Gasteiger partial charge in [-0.3, -0.25) is 9.78 Å². The number of aliphatic carboxylic acids is 1. The highest BCUT2D eigenvalue weighted by Crippen LogP contribution is 2.29. The van der Waals surface area contributed by atoms with Gasteiger partial charge in [-0.15, -0.1) is 0 Å². The smallest absolute Gasteiger partial charge is 0.326 e. The van der Waals surface area contributed by atoms with Crippen molar-refractivity contribution in [3.8, 4) is 0 Å². The van der Waals surface area contributed by atoms with Crippen LogP contribution in [0, 0.1) is 0 Å². The summed E-state index contributed by atoms with van der Waals surface area (Å²) < 4.78 is 0. The minimum atomic E-state index is -1.07. The van der Waals surface area contributed by atoms with Crippen LogP contribution >= 0.6 is 0 Å². The Bertz CT molecular complexity index is 1120. The van der Waals surface area contributed by atoms with Gasteiger partial charge in [-0.05, 0) is 45.3 Å². The van der Waals surface area contributed by atoms with Gasteiger partial charge < -0.3 is 10.4 Å². The highest BCUT2D eigenvalue weighted by atomic mass is 16.4. The zero-order valence-electron chi connectivity index (χ0n) is 15.0. The first kappa shape index (κ1) is 17.7. The highest BCUT2D eigenvalue weighted by molar-refractivity contribution is 6.03. The van der Waals surface area contributed by atoms with Crippen LogP contribution in [-0.2, 0) is 11.2 Å². The lowest BCUT2D eigenvalue weighted by Gasteiger charge is -2.18. The van der Waals surface area contributed by atoms with Gasteiger partial charge in [-0.25, -0.2) is 4.79 Å². The van der Waals surface area contributed by atoms with Gasteiger partial charge in [-0.2, -0.15) is 0 Å². The van der Waals surface area contributed by atoms with Crippen molar-refractivity contribution in [1.29, 1.82) is 0 Å². The number of aromatic nitrogens is 1. The summed E-state index contributed by atoms with van der Waals surface area (Å²) in [5, 5.41) is 16.5. The zero-order valence-corrected chi connectivity index (χ0v) is 15.0. The summed E-state index contributed by atoms with van der Waals surface area (Å²) in [6, 6.07) is 20.0. The molecule has 1 atom stereocenters. The maximum Gasteiger partial charge on any atom is 0.326 e. The molecular formula is C23H18N2O3. The number of amides is 1. The molecule has 5 nitrogen and oxygen atoms in total. The van der Waals surface area contributed by atoms with Gasteiger partial charge in [-0.1, -0.05) is 48.5 Å². The maximum absolute atomic E-state index is 12.5. The summed E-state index contributed by atoms with van der Waals surface area (Å²) in [5.74, 6) is -1.50. The fraction of sp³-hybridized carbons (Fsp3) is 0.0870. The molecule has 1 amide bonds. The quantitative estimate of drug-likeness (QED) is 0.524. The van der Waals surface area contributed by atoms with Crippen LogP contribution < -0.4 is 5.32 Å². The van der Waals surface area contributed by atoms with Gasteiger partial charge in [0.05, 0.1) is 0 Å². The SMILES string of the molecule is O=C(N[C@H](Cc1c2ccccc2cc2ccccc12)C(=O)O)c1ccncc1. The Morgan fingerprint density at radius 1 is 0.893 bits per heavy atom. The van der Waals surface area contributed by atoms with Crippen LogP contribution in [0.25, 0.3) is 21.5 Å². The van der Waals surface area contributed by atoms with E-state index in [0.29, 0.717) is 5.56 Å². The standard InChI is InChI=1S/C23H18N2O3/c26-22(15-9-11-24-12-10-15)25-21(23(27)28)14-20-18-7-3-1-5-16(18)13-17-6-2-4-8-19(17)20/h1-13,21H,14H2,(H,25,26)(H,27,28)/t21-/m1/s1. The molecule has 4 rings (SSSR count). The van der Waals surface area contributed by atoms with Crippen LogP contribution in [0.1, 0.15) is 15.9 Å². The third-order valence-electron chi connectivity index (χ3n) is 4.84. The van der Waals surface area contributed by atoms with Gasteiger partial charge in [0.25, 0.3) is 5.91 Å². The second kappa shape index (κ2) is 7.48. The van der Waals surface area contributed by atoms with Crippen LogP contribution in [0.4, 0.5) is 0 Å². The van der Waals surface area contributed by atoms with Crippen LogP contribution in [0.2, 0.25) is 0 Å². The predicted octanol–water partition coefficient (Wildman–Crippen LogP) is 3.81. The van der Waals surface area contributed by atoms with Crippen molar-refractivity contribution in [1.82, 2.24) is 10.3 Å². The van der Waals surface area contributed by atoms with Crippen molar-refractivity contribution in [2.75, 3.05) is 0 Å². The number of benzene rings is 3. The number of carbonyl (C=O) groups excluding carboxylic acids is 1. The highest BCUT2D eigenvalue weighted by Gasteiger charge is 2.23. The summed E-state index contributed by atoms with van der Waals surface area (Å²) in [6.07, 6.45) is 3.19. The molecule has 0 radical (unpaired) electrons. The largest absolute Gasteiger partial charge is 0.480 e. The molecule has 0 spiro atoms. The number of carboxylic acid groups (broad SMARTS) is 1. The summed E-state index contributed by atoms with van der Waals surface area (Å²) >= 11 is 0. The lowest BCUT2D eigenvalue weighted by Crippen LogP contribution is -2.42. The molecule has 0 saturated heterocycles. The molecule has 3 aromatic carbocycles. The lowest BCUT2D eigenvalue weighted by molar-refractivity contribution is -0.139. The molecular weight excluding hydrogens is 352 g/mol. The number of hydrogen-bond donors (Lipinski definition) is 2. The molecule has 0 saturated carbocycles. The topological polar surface area (TPSA) is 79.3 Å². The molecule has 0 fully saturated rings. The first-order valence-corrected chi connectivity index (χ1v) is 8.96. The number of hydrogen-bond acceptors (Lipinski definition) is 3. The van der Waals surface area contributed by atoms with Crippen molar-refractivity contribution in [3.63, 3.8) is 0 Å². The number of fused-ring (bicyclic) bond motifs is 2. The van der Waals surface area contributed by atoms with Gasteiger partial charge in [0.1, 0.15) is 6.04 Å². The molecule has 1 aromatic heterocycles. The number of carbonyl (C=O) groups is 2. The first-order valence-electron chi connectivity index (χ1n) is 8.96. The Labute approximate surface area is 161 Å². The first-order chi connectivity index (χ1) is 13.6. The Hall–Kier alpha value is -3.73. The average Bonchev–Trinajstić information content (AvgIpc) is 2.73. The van der Waals surface area contributed by atoms with Gasteiger partial charge in [0, 0.05) is 24.4 Å². The predicted molar refractivity (Wildman–Crippen MR) is 108 cm³/mol. The normalized spacial score (nSPS) is 12.0. The molecule has 138 valence electrons. The van der Waals surface area contributed by atoms with Gasteiger partial charge in [0.2, 0.25) is 0 Å². The molecule has 4 aromatic rings. The summed E-state index contributed by atoms with van der Waals surface area (Å²) in [5.41, 5.74) is 1.29. The Balaban J connectivity index is 1.75. The van der Waals surface area contributed by atoms with Crippen LogP contribution in [0.5, 0.6) is 0 Å². The molecule has 28 heavy (non-hydrogen) atoms. The average molecular weight is 370 g/mol. The number of nitrogens with one attached hydrogen (secondary N) is 1. The maximum atomic E-state index is 12.5. The summed E-state index contributed by atoms with van der Waals surface area (Å²) in [6.45, 7) is 0. The second-order valence-electron chi connectivity index (χ2n) is 6.60. The van der Waals surface area contributed by atoms with E-state index in [1.54, 1.807) is 12.1 Å². The molecule has 0 unspecified atom stereocenters. The van der Waals surface area contributed by atoms with Crippen molar-refractivity contribution < 1.29 is 14.7 Å². The van der Waals surface area contributed by atoms with Crippen LogP contribution in [-0.4, -0.2) is 28.0 Å². The lowest BCUT2D eigenvalue weighted by atomic mass is 9.92. The van der Waals surface area contributed by atoms with Crippen molar-refractivity contribution in [3.05, 3.63) is 90.3 Å². The minimum Gasteiger partial charge on any atom is -0.480 e. The second-order valence-corrected chi connectivity index (χ2v) is 6.60. The van der Waals surface area contributed by atoms with E-state index in [2.05, 4.69) is 16.4 Å². The molecule has 0 aliphatic carbocycles. The third kappa shape index (κ3) is 3.42. The van der Waals surface area contributed by atoms with E-state index in [4.69, 9.17) is 0 Å². The van der Waals surface area contributed by atoms with Gasteiger partial charge >= 0.3 is 5.97 Å². The molecule has 0 aliphatic heterocycles. The summed E-state index contributed by atoms with van der Waals surface area (Å²) in [4.78, 5) is 28.3. The minimum absolute atomic E-state index is 0.189. The van der Waals surface area contributed by atoms with Crippen molar-refractivity contribution in [2.45, 2.75) is 12.5 Å². The van der Waals surface area contributed by atoms with E-state index >= 15 is 0 Å². The Kier molecular flexibility index (Phi) is 4.72. The van der Waals surface area contributed by atoms with E-state index in [9.17, 15) is 14.7 Å². The van der Waals surface area contributed by atoms with E-state index in [1.807, 2.05) is 48.5 Å². The molecule has 0 bridgehead atoms. The Morgan fingerprint density at radius 3 is 2.04 bits per heavy atom. The summed E-state index contributed by atoms with van der Waals surface area (Å²) in [7, 11) is 0. The number of pyridine rings is 1. The number of rotatable bonds is 5. The Morgan fingerprint density at radius 2 is 1.46 bits per heavy atom. The van der Waals surface area contributed by atoms with E-state index in [-0.39, 0.29) is 6.42 Å². The molecule has 5 heteroatoms. The van der Waals surface area contributed by atoms with Gasteiger partial charge in [0.15, 0.2) is 0 Å². The molecule has 1 heterocycles. The van der Waals surface area contributed by atoms with E-state index < -0.39 is 17.9 Å². The fourth-order valence-corrected chi connectivity index (χ4v) is 3.48. The van der Waals surface area contributed by atoms with E-state index in [0.717, 1.165) is 27.1 Å². The monoisotopic (exact) mass is 370 g/mol. The third-order valence-corrected chi connectivity index (χ3v) is 4.84. The number of nitrogens with zero attached hydrogens (tertiary/aromatic N) is 1. The van der Waals surface area contributed by atoms with Crippen LogP contribution in [0.3, 0.4) is 0 Å². The van der Waals surface area contributed by atoms with E-state index in [1.165, 1.54) is 12.4 Å².